The number of allylic oxidation sites excluding steroid dienone is 1. The van der Waals surface area contributed by atoms with Gasteiger partial charge in [-0.3, -0.25) is 0 Å². The van der Waals surface area contributed by atoms with Gasteiger partial charge in [-0.05, 0) is 31.6 Å². The molecule has 0 heterocycles. The second-order valence-electron chi connectivity index (χ2n) is 3.36. The van der Waals surface area contributed by atoms with Gasteiger partial charge in [0.1, 0.15) is 6.29 Å². The van der Waals surface area contributed by atoms with Crippen LogP contribution >= 0.6 is 0 Å². The summed E-state index contributed by atoms with van der Waals surface area (Å²) < 4.78 is 0. The number of carbonyl (C=O) groups excluding carboxylic acids is 1. The molecule has 0 bridgehead atoms. The van der Waals surface area contributed by atoms with Gasteiger partial charge in [0.2, 0.25) is 0 Å². The molecule has 0 spiro atoms. The van der Waals surface area contributed by atoms with Crippen molar-refractivity contribution in [2.75, 3.05) is 0 Å². The van der Waals surface area contributed by atoms with E-state index in [0.717, 1.165) is 25.5 Å². The minimum absolute atomic E-state index is 0.356. The molecule has 1 fully saturated rings. The summed E-state index contributed by atoms with van der Waals surface area (Å²) in [6, 6.07) is 0. The van der Waals surface area contributed by atoms with Crippen LogP contribution in [-0.4, -0.2) is 6.29 Å². The van der Waals surface area contributed by atoms with Crippen LogP contribution in [0.3, 0.4) is 0 Å². The highest BCUT2D eigenvalue weighted by Gasteiger charge is 2.25. The zero-order chi connectivity index (χ0) is 8.10. The van der Waals surface area contributed by atoms with E-state index < -0.39 is 0 Å². The lowest BCUT2D eigenvalue weighted by Crippen LogP contribution is -2.08. The molecule has 1 rings (SSSR count). The summed E-state index contributed by atoms with van der Waals surface area (Å²) in [5, 5.41) is 0. The van der Waals surface area contributed by atoms with Gasteiger partial charge in [-0.2, -0.15) is 0 Å². The maximum atomic E-state index is 10.6. The summed E-state index contributed by atoms with van der Waals surface area (Å²) in [7, 11) is 0. The Kier molecular flexibility index (Phi) is 3.34. The lowest BCUT2D eigenvalue weighted by Gasteiger charge is -2.11. The Morgan fingerprint density at radius 2 is 2.27 bits per heavy atom. The van der Waals surface area contributed by atoms with Gasteiger partial charge in [0, 0.05) is 5.92 Å². The van der Waals surface area contributed by atoms with Crippen molar-refractivity contribution >= 4 is 6.29 Å². The summed E-state index contributed by atoms with van der Waals surface area (Å²) in [5.74, 6) is 1.01. The Labute approximate surface area is 68.5 Å². The predicted octanol–water partition coefficient (Wildman–Crippen LogP) is 2.57. The van der Waals surface area contributed by atoms with Crippen LogP contribution in [0.15, 0.2) is 12.7 Å². The molecular formula is C10H16O. The molecule has 1 aliphatic carbocycles. The van der Waals surface area contributed by atoms with Gasteiger partial charge >= 0.3 is 0 Å². The van der Waals surface area contributed by atoms with Gasteiger partial charge < -0.3 is 4.79 Å². The van der Waals surface area contributed by atoms with Crippen molar-refractivity contribution < 1.29 is 4.79 Å². The Morgan fingerprint density at radius 3 is 2.91 bits per heavy atom. The van der Waals surface area contributed by atoms with Crippen LogP contribution in [0.4, 0.5) is 0 Å². The third kappa shape index (κ3) is 2.18. The largest absolute Gasteiger partial charge is 0.303 e. The highest BCUT2D eigenvalue weighted by molar-refractivity contribution is 5.54. The molecule has 1 heteroatoms. The minimum atomic E-state index is 0.356. The van der Waals surface area contributed by atoms with Crippen molar-refractivity contribution in [2.24, 2.45) is 11.8 Å². The molecule has 0 aromatic heterocycles. The van der Waals surface area contributed by atoms with E-state index in [0.29, 0.717) is 11.8 Å². The molecule has 1 saturated carbocycles. The standard InChI is InChI=1S/C10H16O/c1-2-3-5-9-6-4-7-10(9)8-11/h2,8-10H,1,3-7H2/t9-,10+/m1/s1. The Bertz CT molecular complexity index is 140. The zero-order valence-corrected chi connectivity index (χ0v) is 6.96. The average molecular weight is 152 g/mol. The third-order valence-electron chi connectivity index (χ3n) is 2.63. The molecule has 62 valence electrons. The molecular weight excluding hydrogens is 136 g/mol. The van der Waals surface area contributed by atoms with Gasteiger partial charge in [-0.15, -0.1) is 6.58 Å². The van der Waals surface area contributed by atoms with E-state index in [1.54, 1.807) is 0 Å². The van der Waals surface area contributed by atoms with Crippen LogP contribution < -0.4 is 0 Å². The van der Waals surface area contributed by atoms with Crippen LogP contribution in [0.25, 0.3) is 0 Å². The average Bonchev–Trinajstić information content (AvgIpc) is 2.47. The molecule has 0 saturated heterocycles. The maximum absolute atomic E-state index is 10.6. The molecule has 0 aromatic rings. The van der Waals surface area contributed by atoms with Gasteiger partial charge in [0.15, 0.2) is 0 Å². The number of aldehydes is 1. The molecule has 0 unspecified atom stereocenters. The van der Waals surface area contributed by atoms with E-state index in [1.807, 2.05) is 6.08 Å². The van der Waals surface area contributed by atoms with E-state index in [4.69, 9.17) is 0 Å². The van der Waals surface area contributed by atoms with Gasteiger partial charge in [-0.1, -0.05) is 12.5 Å². The summed E-state index contributed by atoms with van der Waals surface area (Å²) in [6.07, 6.45) is 8.91. The van der Waals surface area contributed by atoms with Gasteiger partial charge in [0.25, 0.3) is 0 Å². The number of hydrogen-bond acceptors (Lipinski definition) is 1. The van der Waals surface area contributed by atoms with Crippen molar-refractivity contribution in [3.05, 3.63) is 12.7 Å². The number of rotatable bonds is 4. The molecule has 1 aliphatic rings. The topological polar surface area (TPSA) is 17.1 Å². The fourth-order valence-corrected chi connectivity index (χ4v) is 1.94. The predicted molar refractivity (Wildman–Crippen MR) is 46.3 cm³/mol. The first kappa shape index (κ1) is 8.51. The summed E-state index contributed by atoms with van der Waals surface area (Å²) in [6.45, 7) is 3.68. The van der Waals surface area contributed by atoms with Crippen molar-refractivity contribution in [3.63, 3.8) is 0 Å². The van der Waals surface area contributed by atoms with Crippen molar-refractivity contribution in [1.29, 1.82) is 0 Å². The van der Waals surface area contributed by atoms with Crippen LogP contribution in [0.1, 0.15) is 32.1 Å². The van der Waals surface area contributed by atoms with Gasteiger partial charge in [0.05, 0.1) is 0 Å². The second kappa shape index (κ2) is 4.32. The summed E-state index contributed by atoms with van der Waals surface area (Å²) in [4.78, 5) is 10.6. The fraction of sp³-hybridized carbons (Fsp3) is 0.700. The number of hydrogen-bond donors (Lipinski definition) is 0. The van der Waals surface area contributed by atoms with Crippen LogP contribution in [0.2, 0.25) is 0 Å². The smallest absolute Gasteiger partial charge is 0.123 e. The van der Waals surface area contributed by atoms with Crippen molar-refractivity contribution in [3.8, 4) is 0 Å². The zero-order valence-electron chi connectivity index (χ0n) is 6.96. The van der Waals surface area contributed by atoms with Crippen LogP contribution in [-0.2, 0) is 4.79 Å². The molecule has 11 heavy (non-hydrogen) atoms. The summed E-state index contributed by atoms with van der Waals surface area (Å²) >= 11 is 0. The number of carbonyl (C=O) groups is 1. The van der Waals surface area contributed by atoms with Crippen molar-refractivity contribution in [2.45, 2.75) is 32.1 Å². The lowest BCUT2D eigenvalue weighted by molar-refractivity contribution is -0.112. The van der Waals surface area contributed by atoms with Crippen LogP contribution in [0, 0.1) is 11.8 Å². The molecule has 1 nitrogen and oxygen atoms in total. The minimum Gasteiger partial charge on any atom is -0.303 e. The third-order valence-corrected chi connectivity index (χ3v) is 2.63. The normalized spacial score (nSPS) is 30.2. The van der Waals surface area contributed by atoms with E-state index in [1.165, 1.54) is 12.8 Å². The Morgan fingerprint density at radius 1 is 1.45 bits per heavy atom. The van der Waals surface area contributed by atoms with E-state index in [-0.39, 0.29) is 0 Å². The van der Waals surface area contributed by atoms with E-state index >= 15 is 0 Å². The lowest BCUT2D eigenvalue weighted by atomic mass is 9.93. The summed E-state index contributed by atoms with van der Waals surface area (Å²) in [5.41, 5.74) is 0. The highest BCUT2D eigenvalue weighted by Crippen LogP contribution is 2.33. The van der Waals surface area contributed by atoms with E-state index in [9.17, 15) is 4.79 Å². The van der Waals surface area contributed by atoms with Crippen LogP contribution in [0.5, 0.6) is 0 Å². The van der Waals surface area contributed by atoms with Crippen molar-refractivity contribution in [1.82, 2.24) is 0 Å². The quantitative estimate of drug-likeness (QED) is 0.447. The molecule has 0 N–H and O–H groups in total. The Hall–Kier alpha value is -0.590. The first-order valence-corrected chi connectivity index (χ1v) is 4.44. The fourth-order valence-electron chi connectivity index (χ4n) is 1.94. The molecule has 0 aromatic carbocycles. The maximum Gasteiger partial charge on any atom is 0.123 e. The molecule has 0 radical (unpaired) electrons. The molecule has 2 atom stereocenters. The Balaban J connectivity index is 2.30. The first-order valence-electron chi connectivity index (χ1n) is 4.44. The monoisotopic (exact) mass is 152 g/mol. The highest BCUT2D eigenvalue weighted by atomic mass is 16.1. The van der Waals surface area contributed by atoms with Gasteiger partial charge in [-0.25, -0.2) is 0 Å². The first-order chi connectivity index (χ1) is 5.38. The second-order valence-corrected chi connectivity index (χ2v) is 3.36. The molecule has 0 amide bonds. The SMILES string of the molecule is C=CCC[C@@H]1CCC[C@H]1C=O. The molecule has 0 aliphatic heterocycles. The van der Waals surface area contributed by atoms with E-state index in [2.05, 4.69) is 6.58 Å².